The number of aliphatic carboxylic acids is 1. The van der Waals surface area contributed by atoms with Gasteiger partial charge in [-0.3, -0.25) is 24.2 Å². The first-order valence-corrected chi connectivity index (χ1v) is 32.6. The van der Waals surface area contributed by atoms with E-state index in [-0.39, 0.29) is 29.7 Å². The molecule has 2 aliphatic carbocycles. The molecule has 0 bridgehead atoms. The number of aromatic nitrogens is 2. The Hall–Kier alpha value is -5.92. The molecule has 2 aromatic carbocycles. The molecule has 1 unspecified atom stereocenters. The van der Waals surface area contributed by atoms with Gasteiger partial charge >= 0.3 is 18.2 Å². The van der Waals surface area contributed by atoms with E-state index >= 15 is 0 Å². The third-order valence-corrected chi connectivity index (χ3v) is 19.2. The summed E-state index contributed by atoms with van der Waals surface area (Å²) in [5.41, 5.74) is 11.0. The number of likely N-dealkylation sites (tertiary alicyclic amines) is 1. The zero-order chi connectivity index (χ0) is 62.7. The predicted molar refractivity (Wildman–Crippen MR) is 339 cm³/mol. The van der Waals surface area contributed by atoms with Crippen LogP contribution in [0.3, 0.4) is 0 Å². The number of thiazole rings is 2. The molecule has 2 aromatic heterocycles. The van der Waals surface area contributed by atoms with E-state index in [1.807, 2.05) is 4.90 Å². The molecule has 4 aromatic rings. The van der Waals surface area contributed by atoms with Crippen LogP contribution in [-0.4, -0.2) is 128 Å². The van der Waals surface area contributed by atoms with Gasteiger partial charge in [0, 0.05) is 42.5 Å². The highest BCUT2D eigenvalue weighted by molar-refractivity contribution is 7.10. The average molecular weight is 1210 g/mol. The molecular formula is C66H98N8O9S2. The summed E-state index contributed by atoms with van der Waals surface area (Å²) < 4.78 is 10.7. The maximum absolute atomic E-state index is 14.3. The molecule has 19 heteroatoms. The minimum Gasteiger partial charge on any atom is -0.480 e. The van der Waals surface area contributed by atoms with Gasteiger partial charge in [-0.15, -0.1) is 22.7 Å². The van der Waals surface area contributed by atoms with Crippen molar-refractivity contribution in [2.75, 3.05) is 27.2 Å². The highest BCUT2D eigenvalue weighted by Gasteiger charge is 2.41. The van der Waals surface area contributed by atoms with Crippen LogP contribution in [0.5, 0.6) is 0 Å². The van der Waals surface area contributed by atoms with Gasteiger partial charge in [-0.25, -0.2) is 24.4 Å². The van der Waals surface area contributed by atoms with Gasteiger partial charge in [0.05, 0.1) is 23.5 Å². The monoisotopic (exact) mass is 1210 g/mol. The van der Waals surface area contributed by atoms with E-state index in [9.17, 15) is 33.9 Å². The van der Waals surface area contributed by atoms with E-state index in [1.54, 1.807) is 85.1 Å². The quantitative estimate of drug-likeness (QED) is 0.0928. The Kier molecular flexibility index (Phi) is 24.2. The summed E-state index contributed by atoms with van der Waals surface area (Å²) in [6.07, 6.45) is 12.8. The number of carboxylic acid groups (broad SMARTS) is 1. The Bertz CT molecular complexity index is 2940. The van der Waals surface area contributed by atoms with Gasteiger partial charge in [0.1, 0.15) is 45.4 Å². The molecule has 4 aliphatic rings. The van der Waals surface area contributed by atoms with Crippen molar-refractivity contribution in [3.05, 3.63) is 78.4 Å². The van der Waals surface area contributed by atoms with Crippen molar-refractivity contribution in [1.29, 1.82) is 0 Å². The standard InChI is InChI=1S/C33H48N4O4S.C17H30N2O5.C16H20N2S/c1-20-16-17-21(2)27(22(20)3)25-19-42-30(34-25)26-15-12-18-37(26)31(39)28(24-13-10-9-11-14-24)35-29(38)23(4)36(8)32(40)41-33(5,6)7;1-11(19(5)16(23)24-17(2,3)4)14(20)18-13(15(21)22)12-9-7-6-8-10-12;1-10-6-7-11(2)15(12(10)3)14-9-19-16(18-14)13-5-4-8-17-13/h16-17,19,23-24,26,28H,9-15,18H2,1-8H3,(H,35,38);11-13H,6-10H2,1-5H3,(H,18,20)(H,21,22);6-7,9,13,17H,4-5,8H2,1-3H3/t23-,26-,28-;11-,13-;/m00./s1. The molecule has 2 saturated carbocycles. The molecule has 4 heterocycles. The summed E-state index contributed by atoms with van der Waals surface area (Å²) in [7, 11) is 3.03. The number of benzene rings is 2. The van der Waals surface area contributed by atoms with Crippen molar-refractivity contribution < 1.29 is 43.3 Å². The Morgan fingerprint density at radius 1 is 0.600 bits per heavy atom. The molecular weight excluding hydrogens is 1110 g/mol. The van der Waals surface area contributed by atoms with Crippen LogP contribution in [-0.2, 0) is 28.7 Å². The predicted octanol–water partition coefficient (Wildman–Crippen LogP) is 13.3. The summed E-state index contributed by atoms with van der Waals surface area (Å²) in [6, 6.07) is 5.91. The van der Waals surface area contributed by atoms with Crippen LogP contribution in [0.4, 0.5) is 9.59 Å². The second-order valence-corrected chi connectivity index (χ2v) is 27.8. The summed E-state index contributed by atoms with van der Waals surface area (Å²) in [6.45, 7) is 28.5. The molecule has 468 valence electrons. The van der Waals surface area contributed by atoms with Gasteiger partial charge in [-0.2, -0.15) is 0 Å². The smallest absolute Gasteiger partial charge is 0.410 e. The minimum atomic E-state index is -1.03. The van der Waals surface area contributed by atoms with E-state index in [0.717, 1.165) is 100.0 Å². The Morgan fingerprint density at radius 2 is 1.02 bits per heavy atom. The average Bonchev–Trinajstić information content (AvgIpc) is 2.67. The van der Waals surface area contributed by atoms with Crippen molar-refractivity contribution in [3.8, 4) is 22.5 Å². The molecule has 4 N–H and O–H groups in total. The third kappa shape index (κ3) is 18.3. The largest absolute Gasteiger partial charge is 0.480 e. The van der Waals surface area contributed by atoms with Crippen LogP contribution in [0.2, 0.25) is 0 Å². The molecule has 17 nitrogen and oxygen atoms in total. The zero-order valence-corrected chi connectivity index (χ0v) is 55.3. The van der Waals surface area contributed by atoms with Crippen LogP contribution < -0.4 is 16.0 Å². The molecule has 6 atom stereocenters. The van der Waals surface area contributed by atoms with E-state index in [4.69, 9.17) is 19.4 Å². The highest BCUT2D eigenvalue weighted by Crippen LogP contribution is 2.40. The van der Waals surface area contributed by atoms with Gasteiger partial charge in [0.15, 0.2) is 0 Å². The maximum Gasteiger partial charge on any atom is 0.410 e. The molecule has 0 radical (unpaired) electrons. The third-order valence-electron chi connectivity index (χ3n) is 17.3. The van der Waals surface area contributed by atoms with Crippen molar-refractivity contribution in [1.82, 2.24) is 40.6 Å². The van der Waals surface area contributed by atoms with E-state index in [1.165, 1.54) is 79.2 Å². The first-order valence-electron chi connectivity index (χ1n) is 30.8. The summed E-state index contributed by atoms with van der Waals surface area (Å²) in [4.78, 5) is 90.7. The fourth-order valence-electron chi connectivity index (χ4n) is 11.8. The number of hydrogen-bond donors (Lipinski definition) is 4. The number of nitrogens with one attached hydrogen (secondary N) is 3. The van der Waals surface area contributed by atoms with Gasteiger partial charge < -0.3 is 35.4 Å². The number of carbonyl (C=O) groups excluding carboxylic acids is 5. The number of carboxylic acids is 1. The normalized spacial score (nSPS) is 19.0. The number of rotatable bonds is 14. The van der Waals surface area contributed by atoms with Crippen LogP contribution in [0.25, 0.3) is 22.5 Å². The van der Waals surface area contributed by atoms with Crippen LogP contribution >= 0.6 is 22.7 Å². The Labute approximate surface area is 514 Å². The van der Waals surface area contributed by atoms with E-state index in [0.29, 0.717) is 12.6 Å². The second kappa shape index (κ2) is 30.1. The first-order chi connectivity index (χ1) is 40.0. The number of nitrogens with zero attached hydrogens (tertiary/aromatic N) is 5. The van der Waals surface area contributed by atoms with E-state index in [2.05, 4.69) is 92.5 Å². The molecule has 2 saturated heterocycles. The lowest BCUT2D eigenvalue weighted by atomic mass is 9.83. The molecule has 4 fully saturated rings. The molecule has 2 aliphatic heterocycles. The number of aryl methyl sites for hydroxylation is 4. The van der Waals surface area contributed by atoms with Crippen molar-refractivity contribution in [2.45, 2.75) is 234 Å². The molecule has 85 heavy (non-hydrogen) atoms. The van der Waals surface area contributed by atoms with Crippen molar-refractivity contribution in [3.63, 3.8) is 0 Å². The first kappa shape index (κ1) is 68.2. The fourth-order valence-corrected chi connectivity index (χ4v) is 13.6. The van der Waals surface area contributed by atoms with Gasteiger partial charge in [-0.05, 0) is 200 Å². The highest BCUT2D eigenvalue weighted by atomic mass is 32.1. The number of likely N-dealkylation sites (N-methyl/N-ethyl adjacent to an activating group) is 2. The second-order valence-electron chi connectivity index (χ2n) is 26.0. The Balaban J connectivity index is 0.000000226. The zero-order valence-electron chi connectivity index (χ0n) is 53.7. The van der Waals surface area contributed by atoms with Crippen LogP contribution in [0.1, 0.15) is 201 Å². The van der Waals surface area contributed by atoms with Gasteiger partial charge in [0.2, 0.25) is 17.7 Å². The summed E-state index contributed by atoms with van der Waals surface area (Å²) in [5.74, 6) is -1.88. The fraction of sp³-hybridized carbons (Fsp3) is 0.636. The van der Waals surface area contributed by atoms with Crippen molar-refractivity contribution >= 4 is 58.6 Å². The summed E-state index contributed by atoms with van der Waals surface area (Å²) >= 11 is 3.40. The molecule has 5 amide bonds. The lowest BCUT2D eigenvalue weighted by molar-refractivity contribution is -0.144. The number of ether oxygens (including phenoxy) is 2. The number of hydrogen-bond acceptors (Lipinski definition) is 13. The summed E-state index contributed by atoms with van der Waals surface area (Å²) in [5, 5.41) is 25.2. The van der Waals surface area contributed by atoms with Gasteiger partial charge in [0.25, 0.3) is 0 Å². The van der Waals surface area contributed by atoms with Gasteiger partial charge in [-0.1, -0.05) is 62.8 Å². The van der Waals surface area contributed by atoms with Crippen LogP contribution in [0.15, 0.2) is 35.0 Å². The molecule has 8 rings (SSSR count). The molecule has 0 spiro atoms. The van der Waals surface area contributed by atoms with E-state index < -0.39 is 59.4 Å². The van der Waals surface area contributed by atoms with Crippen LogP contribution in [0, 0.1) is 53.4 Å². The lowest BCUT2D eigenvalue weighted by Gasteiger charge is -2.36. The minimum absolute atomic E-state index is 0.0375. The van der Waals surface area contributed by atoms with Crippen molar-refractivity contribution in [2.24, 2.45) is 11.8 Å². The number of carbonyl (C=O) groups is 6. The maximum atomic E-state index is 14.3. The number of amides is 5. The topological polar surface area (TPSA) is 213 Å². The SMILES string of the molecule is C[C@@H](C(=O)N[C@H](C(=O)O)C1CCCCC1)N(C)C(=O)OC(C)(C)C.Cc1ccc(C)c(-c2csc(C3CCCN3)n2)c1C.Cc1ccc(C)c(-c2csc([C@@H]3CCCN3C(=O)[C@@H](NC(=O)[C@H](C)N(C)C(=O)OC(C)(C)C)C3CCCCC3)n2)c1C. The lowest BCUT2D eigenvalue weighted by Crippen LogP contribution is -2.56. The Morgan fingerprint density at radius 3 is 1.46 bits per heavy atom.